The van der Waals surface area contributed by atoms with Crippen molar-refractivity contribution in [1.29, 1.82) is 0 Å². The minimum Gasteiger partial charge on any atom is -0.505 e. The van der Waals surface area contributed by atoms with Crippen molar-refractivity contribution in [3.63, 3.8) is 0 Å². The van der Waals surface area contributed by atoms with Gasteiger partial charge in [0.15, 0.2) is 5.75 Å². The Labute approximate surface area is 113 Å². The molecule has 0 fully saturated rings. The van der Waals surface area contributed by atoms with Crippen LogP contribution in [0.1, 0.15) is 10.7 Å². The van der Waals surface area contributed by atoms with E-state index in [1.165, 1.54) is 0 Å². The first kappa shape index (κ1) is 12.5. The van der Waals surface area contributed by atoms with Crippen molar-refractivity contribution in [2.75, 3.05) is 5.32 Å². The van der Waals surface area contributed by atoms with E-state index in [1.807, 2.05) is 12.3 Å². The van der Waals surface area contributed by atoms with Gasteiger partial charge in [0.05, 0.1) is 27.3 Å². The second-order valence-electron chi connectivity index (χ2n) is 3.50. The largest absolute Gasteiger partial charge is 0.505 e. The Morgan fingerprint density at radius 3 is 2.53 bits per heavy atom. The van der Waals surface area contributed by atoms with Crippen molar-refractivity contribution in [2.45, 2.75) is 13.5 Å². The molecule has 2 N–H and O–H groups in total. The summed E-state index contributed by atoms with van der Waals surface area (Å²) in [4.78, 5) is 4.33. The molecule has 0 atom stereocenters. The first-order valence-corrected chi connectivity index (χ1v) is 6.52. The number of aryl methyl sites for hydroxylation is 1. The lowest BCUT2D eigenvalue weighted by molar-refractivity contribution is 0.476. The smallest absolute Gasteiger partial charge is 0.152 e. The van der Waals surface area contributed by atoms with Crippen LogP contribution in [0.15, 0.2) is 17.5 Å². The van der Waals surface area contributed by atoms with Gasteiger partial charge in [-0.3, -0.25) is 0 Å². The van der Waals surface area contributed by atoms with Crippen molar-refractivity contribution >= 4 is 40.2 Å². The molecule has 0 aliphatic heterocycles. The van der Waals surface area contributed by atoms with Gasteiger partial charge in [-0.2, -0.15) is 0 Å². The summed E-state index contributed by atoms with van der Waals surface area (Å²) in [6, 6.07) is 3.25. The van der Waals surface area contributed by atoms with Gasteiger partial charge in [0, 0.05) is 11.1 Å². The SMILES string of the molecule is Cc1nc(CNc2cc(Cl)c(O)c(Cl)c2)cs1. The first-order valence-electron chi connectivity index (χ1n) is 4.89. The highest BCUT2D eigenvalue weighted by molar-refractivity contribution is 7.09. The Morgan fingerprint density at radius 1 is 1.35 bits per heavy atom. The number of hydrogen-bond donors (Lipinski definition) is 2. The number of halogens is 2. The van der Waals surface area contributed by atoms with E-state index in [0.717, 1.165) is 16.4 Å². The number of thiazole rings is 1. The zero-order valence-electron chi connectivity index (χ0n) is 9.00. The maximum atomic E-state index is 9.42. The van der Waals surface area contributed by atoms with Crippen LogP contribution >= 0.6 is 34.5 Å². The monoisotopic (exact) mass is 288 g/mol. The predicted octanol–water partition coefficient (Wildman–Crippen LogP) is 4.08. The third-order valence-electron chi connectivity index (χ3n) is 2.16. The zero-order valence-corrected chi connectivity index (χ0v) is 11.3. The van der Waals surface area contributed by atoms with E-state index < -0.39 is 0 Å². The van der Waals surface area contributed by atoms with Gasteiger partial charge in [-0.05, 0) is 19.1 Å². The summed E-state index contributed by atoms with van der Waals surface area (Å²) < 4.78 is 0. The van der Waals surface area contributed by atoms with Crippen molar-refractivity contribution in [1.82, 2.24) is 4.98 Å². The lowest BCUT2D eigenvalue weighted by atomic mass is 10.3. The number of nitrogens with zero attached hydrogens (tertiary/aromatic N) is 1. The van der Waals surface area contributed by atoms with Crippen LogP contribution in [0.3, 0.4) is 0 Å². The average molecular weight is 289 g/mol. The number of aromatic nitrogens is 1. The molecule has 1 aromatic carbocycles. The molecule has 0 unspecified atom stereocenters. The molecular weight excluding hydrogens is 279 g/mol. The summed E-state index contributed by atoms with van der Waals surface area (Å²) in [6.45, 7) is 2.56. The highest BCUT2D eigenvalue weighted by atomic mass is 35.5. The molecule has 6 heteroatoms. The van der Waals surface area contributed by atoms with Gasteiger partial charge in [-0.1, -0.05) is 23.2 Å². The summed E-state index contributed by atoms with van der Waals surface area (Å²) in [7, 11) is 0. The van der Waals surface area contributed by atoms with Crippen molar-refractivity contribution < 1.29 is 5.11 Å². The van der Waals surface area contributed by atoms with E-state index in [9.17, 15) is 5.11 Å². The number of hydrogen-bond acceptors (Lipinski definition) is 4. The summed E-state index contributed by atoms with van der Waals surface area (Å²) in [5, 5.41) is 16.0. The van der Waals surface area contributed by atoms with Gasteiger partial charge in [0.25, 0.3) is 0 Å². The van der Waals surface area contributed by atoms with Crippen LogP contribution in [0.2, 0.25) is 10.0 Å². The molecule has 2 rings (SSSR count). The summed E-state index contributed by atoms with van der Waals surface area (Å²) in [5.41, 5.74) is 1.72. The lowest BCUT2D eigenvalue weighted by Crippen LogP contribution is -1.99. The summed E-state index contributed by atoms with van der Waals surface area (Å²) in [5.74, 6) is -0.0941. The molecule has 1 aromatic heterocycles. The second kappa shape index (κ2) is 5.12. The van der Waals surface area contributed by atoms with E-state index in [2.05, 4.69) is 10.3 Å². The number of anilines is 1. The Bertz CT molecular complexity index is 519. The third-order valence-corrected chi connectivity index (χ3v) is 3.56. The fourth-order valence-electron chi connectivity index (χ4n) is 1.35. The number of rotatable bonds is 3. The van der Waals surface area contributed by atoms with Crippen LogP contribution in [0.5, 0.6) is 5.75 Å². The van der Waals surface area contributed by atoms with Gasteiger partial charge in [0.2, 0.25) is 0 Å². The van der Waals surface area contributed by atoms with Crippen molar-refractivity contribution in [3.05, 3.63) is 38.3 Å². The molecule has 0 saturated heterocycles. The molecular formula is C11H10Cl2N2OS. The van der Waals surface area contributed by atoms with E-state index in [1.54, 1.807) is 23.5 Å². The molecule has 0 aliphatic carbocycles. The second-order valence-corrected chi connectivity index (χ2v) is 5.38. The van der Waals surface area contributed by atoms with Crippen LogP contribution in [-0.4, -0.2) is 10.1 Å². The Kier molecular flexibility index (Phi) is 3.76. The Balaban J connectivity index is 2.09. The number of phenolic OH excluding ortho intramolecular Hbond substituents is 1. The van der Waals surface area contributed by atoms with E-state index >= 15 is 0 Å². The number of aromatic hydroxyl groups is 1. The Hall–Kier alpha value is -0.970. The molecule has 0 aliphatic rings. The summed E-state index contributed by atoms with van der Waals surface area (Å²) in [6.07, 6.45) is 0. The van der Waals surface area contributed by atoms with Crippen LogP contribution in [0, 0.1) is 6.92 Å². The minimum atomic E-state index is -0.0941. The van der Waals surface area contributed by atoms with Crippen LogP contribution in [-0.2, 0) is 6.54 Å². The van der Waals surface area contributed by atoms with Crippen LogP contribution in [0.25, 0.3) is 0 Å². The number of phenols is 1. The normalized spacial score (nSPS) is 10.5. The molecule has 3 nitrogen and oxygen atoms in total. The predicted molar refractivity (Wildman–Crippen MR) is 72.3 cm³/mol. The fourth-order valence-corrected chi connectivity index (χ4v) is 2.45. The maximum absolute atomic E-state index is 9.42. The zero-order chi connectivity index (χ0) is 12.4. The molecule has 0 spiro atoms. The minimum absolute atomic E-state index is 0.0941. The number of benzene rings is 1. The third kappa shape index (κ3) is 3.03. The summed E-state index contributed by atoms with van der Waals surface area (Å²) >= 11 is 13.2. The molecule has 90 valence electrons. The molecule has 17 heavy (non-hydrogen) atoms. The lowest BCUT2D eigenvalue weighted by Gasteiger charge is -2.07. The topological polar surface area (TPSA) is 45.2 Å². The van der Waals surface area contributed by atoms with Crippen LogP contribution < -0.4 is 5.32 Å². The fraction of sp³-hybridized carbons (Fsp3) is 0.182. The van der Waals surface area contributed by atoms with E-state index in [-0.39, 0.29) is 15.8 Å². The van der Waals surface area contributed by atoms with E-state index in [4.69, 9.17) is 23.2 Å². The average Bonchev–Trinajstić information content (AvgIpc) is 2.69. The molecule has 0 bridgehead atoms. The molecule has 0 amide bonds. The van der Waals surface area contributed by atoms with Crippen molar-refractivity contribution in [3.8, 4) is 5.75 Å². The molecule has 0 saturated carbocycles. The van der Waals surface area contributed by atoms with Gasteiger partial charge in [0.1, 0.15) is 0 Å². The molecule has 1 heterocycles. The number of nitrogens with one attached hydrogen (secondary N) is 1. The highest BCUT2D eigenvalue weighted by Gasteiger charge is 2.06. The quantitative estimate of drug-likeness (QED) is 0.837. The van der Waals surface area contributed by atoms with Crippen LogP contribution in [0.4, 0.5) is 5.69 Å². The first-order chi connectivity index (χ1) is 8.06. The van der Waals surface area contributed by atoms with Crippen molar-refractivity contribution in [2.24, 2.45) is 0 Å². The van der Waals surface area contributed by atoms with Gasteiger partial charge >= 0.3 is 0 Å². The molecule has 2 aromatic rings. The van der Waals surface area contributed by atoms with Gasteiger partial charge < -0.3 is 10.4 Å². The van der Waals surface area contributed by atoms with E-state index in [0.29, 0.717) is 6.54 Å². The Morgan fingerprint density at radius 2 is 2.00 bits per heavy atom. The van der Waals surface area contributed by atoms with Gasteiger partial charge in [-0.15, -0.1) is 11.3 Å². The maximum Gasteiger partial charge on any atom is 0.152 e. The highest BCUT2D eigenvalue weighted by Crippen LogP contribution is 2.34. The van der Waals surface area contributed by atoms with Gasteiger partial charge in [-0.25, -0.2) is 4.98 Å². The standard InChI is InChI=1S/C11H10Cl2N2OS/c1-6-15-8(5-17-6)4-14-7-2-9(12)11(16)10(13)3-7/h2-3,5,14,16H,4H2,1H3. The molecule has 0 radical (unpaired) electrons.